The van der Waals surface area contributed by atoms with E-state index in [1.165, 1.54) is 11.0 Å². The average Bonchev–Trinajstić information content (AvgIpc) is 2.37. The lowest BCUT2D eigenvalue weighted by molar-refractivity contribution is -0.134. The lowest BCUT2D eigenvalue weighted by atomic mass is 10.2. The number of piperazine rings is 1. The molecular formula is C13H14N2O2. The van der Waals surface area contributed by atoms with Crippen molar-refractivity contribution in [2.75, 3.05) is 19.6 Å². The minimum absolute atomic E-state index is 0.0993. The van der Waals surface area contributed by atoms with Gasteiger partial charge in [0.25, 0.3) is 0 Å². The number of benzene rings is 1. The van der Waals surface area contributed by atoms with Crippen LogP contribution in [-0.4, -0.2) is 36.3 Å². The molecule has 1 aromatic rings. The Morgan fingerprint density at radius 1 is 1.29 bits per heavy atom. The Balaban J connectivity index is 1.97. The summed E-state index contributed by atoms with van der Waals surface area (Å²) in [6.45, 7) is 1.26. The zero-order chi connectivity index (χ0) is 12.1. The van der Waals surface area contributed by atoms with Crippen molar-refractivity contribution in [3.63, 3.8) is 0 Å². The van der Waals surface area contributed by atoms with E-state index in [9.17, 15) is 9.59 Å². The molecule has 0 saturated carbocycles. The van der Waals surface area contributed by atoms with Crippen LogP contribution in [0.1, 0.15) is 5.56 Å². The van der Waals surface area contributed by atoms with Gasteiger partial charge >= 0.3 is 0 Å². The summed E-state index contributed by atoms with van der Waals surface area (Å²) >= 11 is 0. The fraction of sp³-hybridized carbons (Fsp3) is 0.231. The van der Waals surface area contributed by atoms with Gasteiger partial charge in [0, 0.05) is 19.2 Å². The van der Waals surface area contributed by atoms with E-state index in [-0.39, 0.29) is 18.4 Å². The highest BCUT2D eigenvalue weighted by Crippen LogP contribution is 2.02. The van der Waals surface area contributed by atoms with Crippen molar-refractivity contribution in [3.05, 3.63) is 42.0 Å². The highest BCUT2D eigenvalue weighted by molar-refractivity contribution is 5.94. The van der Waals surface area contributed by atoms with Crippen molar-refractivity contribution in [1.82, 2.24) is 10.2 Å². The normalized spacial score (nSPS) is 16.0. The van der Waals surface area contributed by atoms with Gasteiger partial charge in [-0.15, -0.1) is 0 Å². The van der Waals surface area contributed by atoms with Gasteiger partial charge in [-0.05, 0) is 11.6 Å². The topological polar surface area (TPSA) is 49.4 Å². The third-order valence-corrected chi connectivity index (χ3v) is 2.57. The van der Waals surface area contributed by atoms with E-state index >= 15 is 0 Å². The molecule has 0 radical (unpaired) electrons. The fourth-order valence-electron chi connectivity index (χ4n) is 1.66. The number of hydrogen-bond acceptors (Lipinski definition) is 2. The summed E-state index contributed by atoms with van der Waals surface area (Å²) in [5.74, 6) is -0.221. The first-order chi connectivity index (χ1) is 8.25. The number of nitrogens with one attached hydrogen (secondary N) is 1. The number of amides is 2. The molecule has 0 bridgehead atoms. The standard InChI is InChI=1S/C13H14N2O2/c16-12-10-15(9-8-14-12)13(17)7-6-11-4-2-1-3-5-11/h1-7H,8-10H2,(H,14,16)/b7-6+. The molecule has 4 nitrogen and oxygen atoms in total. The molecule has 4 heteroatoms. The highest BCUT2D eigenvalue weighted by atomic mass is 16.2. The van der Waals surface area contributed by atoms with Gasteiger partial charge in [0.15, 0.2) is 0 Å². The van der Waals surface area contributed by atoms with E-state index in [1.54, 1.807) is 6.08 Å². The molecule has 1 fully saturated rings. The lowest BCUT2D eigenvalue weighted by Crippen LogP contribution is -2.49. The number of hydrogen-bond donors (Lipinski definition) is 1. The van der Waals surface area contributed by atoms with E-state index < -0.39 is 0 Å². The van der Waals surface area contributed by atoms with Crippen LogP contribution in [-0.2, 0) is 9.59 Å². The Morgan fingerprint density at radius 3 is 2.76 bits per heavy atom. The third-order valence-electron chi connectivity index (χ3n) is 2.57. The average molecular weight is 230 g/mol. The molecule has 88 valence electrons. The molecule has 0 aliphatic carbocycles. The van der Waals surface area contributed by atoms with Crippen molar-refractivity contribution >= 4 is 17.9 Å². The monoisotopic (exact) mass is 230 g/mol. The highest BCUT2D eigenvalue weighted by Gasteiger charge is 2.18. The minimum atomic E-state index is -0.122. The van der Waals surface area contributed by atoms with Gasteiger partial charge in [-0.25, -0.2) is 0 Å². The van der Waals surface area contributed by atoms with Crippen LogP contribution in [0.3, 0.4) is 0 Å². The molecule has 1 saturated heterocycles. The van der Waals surface area contributed by atoms with E-state index in [0.717, 1.165) is 5.56 Å². The van der Waals surface area contributed by atoms with Crippen LogP contribution < -0.4 is 5.32 Å². The molecule has 0 unspecified atom stereocenters. The summed E-state index contributed by atoms with van der Waals surface area (Å²) in [6.07, 6.45) is 3.27. The molecule has 1 N–H and O–H groups in total. The van der Waals surface area contributed by atoms with Crippen LogP contribution >= 0.6 is 0 Å². The van der Waals surface area contributed by atoms with Crippen LogP contribution in [0, 0.1) is 0 Å². The molecule has 2 rings (SSSR count). The molecule has 0 spiro atoms. The maximum Gasteiger partial charge on any atom is 0.247 e. The van der Waals surface area contributed by atoms with Crippen LogP contribution in [0.2, 0.25) is 0 Å². The largest absolute Gasteiger partial charge is 0.353 e. The van der Waals surface area contributed by atoms with Gasteiger partial charge in [-0.3, -0.25) is 9.59 Å². The number of nitrogens with zero attached hydrogens (tertiary/aromatic N) is 1. The van der Waals surface area contributed by atoms with Gasteiger partial charge in [0.05, 0.1) is 6.54 Å². The van der Waals surface area contributed by atoms with Gasteiger partial charge in [-0.1, -0.05) is 30.3 Å². The van der Waals surface area contributed by atoms with Crippen LogP contribution in [0.4, 0.5) is 0 Å². The predicted molar refractivity (Wildman–Crippen MR) is 65.1 cm³/mol. The van der Waals surface area contributed by atoms with Crippen molar-refractivity contribution in [3.8, 4) is 0 Å². The SMILES string of the molecule is O=C1CN(C(=O)/C=C/c2ccccc2)CCN1. The third kappa shape index (κ3) is 3.17. The van der Waals surface area contributed by atoms with E-state index in [2.05, 4.69) is 5.32 Å². The molecule has 0 atom stereocenters. The van der Waals surface area contributed by atoms with Crippen molar-refractivity contribution in [2.24, 2.45) is 0 Å². The van der Waals surface area contributed by atoms with Crippen molar-refractivity contribution < 1.29 is 9.59 Å². The molecule has 1 aliphatic rings. The first-order valence-electron chi connectivity index (χ1n) is 5.54. The van der Waals surface area contributed by atoms with Crippen molar-refractivity contribution in [1.29, 1.82) is 0 Å². The quantitative estimate of drug-likeness (QED) is 0.759. The molecule has 1 aliphatic heterocycles. The Kier molecular flexibility index (Phi) is 3.55. The second-order valence-corrected chi connectivity index (χ2v) is 3.85. The van der Waals surface area contributed by atoms with E-state index in [0.29, 0.717) is 13.1 Å². The maximum atomic E-state index is 11.8. The number of rotatable bonds is 2. The maximum absolute atomic E-state index is 11.8. The van der Waals surface area contributed by atoms with Crippen molar-refractivity contribution in [2.45, 2.75) is 0 Å². The summed E-state index contributed by atoms with van der Waals surface area (Å²) in [7, 11) is 0. The Hall–Kier alpha value is -2.10. The second-order valence-electron chi connectivity index (χ2n) is 3.85. The Morgan fingerprint density at radius 2 is 2.06 bits per heavy atom. The van der Waals surface area contributed by atoms with E-state index in [4.69, 9.17) is 0 Å². The summed E-state index contributed by atoms with van der Waals surface area (Å²) in [6, 6.07) is 9.60. The minimum Gasteiger partial charge on any atom is -0.353 e. The lowest BCUT2D eigenvalue weighted by Gasteiger charge is -2.25. The molecule has 1 aromatic carbocycles. The molecule has 17 heavy (non-hydrogen) atoms. The fourth-order valence-corrected chi connectivity index (χ4v) is 1.66. The predicted octanol–water partition coefficient (Wildman–Crippen LogP) is 0.658. The smallest absolute Gasteiger partial charge is 0.247 e. The van der Waals surface area contributed by atoms with E-state index in [1.807, 2.05) is 30.3 Å². The summed E-state index contributed by atoms with van der Waals surface area (Å²) in [5.41, 5.74) is 0.974. The second kappa shape index (κ2) is 5.30. The summed E-state index contributed by atoms with van der Waals surface area (Å²) in [5, 5.41) is 2.68. The number of carbonyl (C=O) groups excluding carboxylic acids is 2. The Bertz CT molecular complexity index is 440. The zero-order valence-corrected chi connectivity index (χ0v) is 9.43. The van der Waals surface area contributed by atoms with Crippen LogP contribution in [0.25, 0.3) is 6.08 Å². The molecular weight excluding hydrogens is 216 g/mol. The zero-order valence-electron chi connectivity index (χ0n) is 9.43. The molecule has 0 aromatic heterocycles. The number of carbonyl (C=O) groups is 2. The molecule has 2 amide bonds. The van der Waals surface area contributed by atoms with Gasteiger partial charge in [0.1, 0.15) is 0 Å². The summed E-state index contributed by atoms with van der Waals surface area (Å²) < 4.78 is 0. The molecule has 1 heterocycles. The van der Waals surface area contributed by atoms with Crippen LogP contribution in [0.5, 0.6) is 0 Å². The van der Waals surface area contributed by atoms with Gasteiger partial charge < -0.3 is 10.2 Å². The first kappa shape index (κ1) is 11.4. The summed E-state index contributed by atoms with van der Waals surface area (Å²) in [4.78, 5) is 24.4. The van der Waals surface area contributed by atoms with Crippen LogP contribution in [0.15, 0.2) is 36.4 Å². The van der Waals surface area contributed by atoms with Gasteiger partial charge in [-0.2, -0.15) is 0 Å². The first-order valence-corrected chi connectivity index (χ1v) is 5.54. The Labute approximate surface area is 99.9 Å². The van der Waals surface area contributed by atoms with Gasteiger partial charge in [0.2, 0.25) is 11.8 Å².